The third-order valence-corrected chi connectivity index (χ3v) is 7.02. The summed E-state index contributed by atoms with van der Waals surface area (Å²) < 4.78 is 11.9. The van der Waals surface area contributed by atoms with E-state index in [0.717, 1.165) is 102 Å². The number of carbonyl (C=O) groups excluding carboxylic acids is 1. The zero-order chi connectivity index (χ0) is 22.5. The lowest BCUT2D eigenvalue weighted by Gasteiger charge is -2.36. The van der Waals surface area contributed by atoms with Crippen LogP contribution >= 0.6 is 0 Å². The molecule has 0 atom stereocenters. The van der Waals surface area contributed by atoms with Gasteiger partial charge in [0, 0.05) is 52.1 Å². The molecule has 0 spiro atoms. The highest BCUT2D eigenvalue weighted by Gasteiger charge is 2.24. The number of piperazine rings is 1. The van der Waals surface area contributed by atoms with E-state index in [2.05, 4.69) is 46.2 Å². The fourth-order valence-electron chi connectivity index (χ4n) is 5.10. The van der Waals surface area contributed by atoms with E-state index in [1.165, 1.54) is 11.1 Å². The predicted octanol–water partition coefficient (Wildman–Crippen LogP) is 4.07. The number of anilines is 1. The fraction of sp³-hybridized carbons (Fsp3) is 0.519. The van der Waals surface area contributed by atoms with Gasteiger partial charge in [-0.25, -0.2) is 0 Å². The van der Waals surface area contributed by atoms with Crippen LogP contribution in [0, 0.1) is 0 Å². The van der Waals surface area contributed by atoms with Crippen molar-refractivity contribution < 1.29 is 14.3 Å². The number of amides is 1. The van der Waals surface area contributed by atoms with Crippen molar-refractivity contribution in [3.05, 3.63) is 53.6 Å². The Morgan fingerprint density at radius 1 is 0.818 bits per heavy atom. The minimum Gasteiger partial charge on any atom is -0.489 e. The molecule has 176 valence electrons. The Labute approximate surface area is 197 Å². The summed E-state index contributed by atoms with van der Waals surface area (Å²) in [5.41, 5.74) is 3.77. The van der Waals surface area contributed by atoms with Crippen molar-refractivity contribution in [3.8, 4) is 11.5 Å². The average Bonchev–Trinajstić information content (AvgIpc) is 3.14. The van der Waals surface area contributed by atoms with Crippen molar-refractivity contribution in [2.45, 2.75) is 45.2 Å². The van der Waals surface area contributed by atoms with E-state index in [-0.39, 0.29) is 0 Å². The first-order chi connectivity index (χ1) is 16.3. The minimum absolute atomic E-state index is 0.299. The Morgan fingerprint density at radius 2 is 1.58 bits per heavy atom. The first kappa shape index (κ1) is 22.1. The summed E-state index contributed by atoms with van der Waals surface area (Å²) in [6.07, 6.45) is 4.86. The van der Waals surface area contributed by atoms with Crippen molar-refractivity contribution in [2.75, 3.05) is 50.8 Å². The second-order valence-corrected chi connectivity index (χ2v) is 9.31. The third kappa shape index (κ3) is 5.27. The quantitative estimate of drug-likeness (QED) is 0.596. The predicted molar refractivity (Wildman–Crippen MR) is 130 cm³/mol. The largest absolute Gasteiger partial charge is 0.489 e. The lowest BCUT2D eigenvalue weighted by atomic mass is 10.1. The first-order valence-electron chi connectivity index (χ1n) is 12.5. The van der Waals surface area contributed by atoms with Gasteiger partial charge < -0.3 is 19.3 Å². The van der Waals surface area contributed by atoms with Crippen LogP contribution in [0.2, 0.25) is 0 Å². The van der Waals surface area contributed by atoms with Crippen molar-refractivity contribution in [1.82, 2.24) is 9.80 Å². The number of hydrogen-bond acceptors (Lipinski definition) is 5. The highest BCUT2D eigenvalue weighted by Crippen LogP contribution is 2.39. The van der Waals surface area contributed by atoms with Gasteiger partial charge in [0.15, 0.2) is 11.5 Å². The molecule has 33 heavy (non-hydrogen) atoms. The van der Waals surface area contributed by atoms with Gasteiger partial charge in [-0.05, 0) is 42.6 Å². The molecule has 6 nitrogen and oxygen atoms in total. The van der Waals surface area contributed by atoms with E-state index in [1.54, 1.807) is 0 Å². The molecule has 0 N–H and O–H groups in total. The Bertz CT molecular complexity index is 930. The van der Waals surface area contributed by atoms with Crippen LogP contribution in [0.25, 0.3) is 0 Å². The SMILES string of the molecule is O=C(CCCCCN1CCN(c2cccc3c2OCCCO3)CC1)N1Cc2ccccc2C1. The number of carbonyl (C=O) groups is 1. The maximum Gasteiger partial charge on any atom is 0.223 e. The molecule has 3 heterocycles. The molecule has 2 aromatic carbocycles. The highest BCUT2D eigenvalue weighted by atomic mass is 16.5. The molecule has 6 heteroatoms. The van der Waals surface area contributed by atoms with Crippen LogP contribution in [-0.4, -0.2) is 61.6 Å². The molecule has 0 unspecified atom stereocenters. The molecule has 0 aromatic heterocycles. The maximum atomic E-state index is 12.6. The van der Waals surface area contributed by atoms with Crippen molar-refractivity contribution in [3.63, 3.8) is 0 Å². The first-order valence-corrected chi connectivity index (χ1v) is 12.5. The molecule has 2 aromatic rings. The van der Waals surface area contributed by atoms with Crippen LogP contribution in [0.4, 0.5) is 5.69 Å². The fourth-order valence-corrected chi connectivity index (χ4v) is 5.10. The standard InChI is InChI=1S/C27H35N3O3/c31-26(30-20-22-8-3-4-9-23(22)21-30)12-2-1-5-13-28-14-16-29(17-15-28)24-10-6-11-25-27(24)33-19-7-18-32-25/h3-4,6,8-11H,1-2,5,7,12-21H2. The Kier molecular flexibility index (Phi) is 7.01. The molecular formula is C27H35N3O3. The van der Waals surface area contributed by atoms with Gasteiger partial charge >= 0.3 is 0 Å². The molecule has 1 fully saturated rings. The van der Waals surface area contributed by atoms with Crippen LogP contribution in [0.3, 0.4) is 0 Å². The molecule has 1 amide bonds. The lowest BCUT2D eigenvalue weighted by Crippen LogP contribution is -2.46. The second-order valence-electron chi connectivity index (χ2n) is 9.31. The summed E-state index contributed by atoms with van der Waals surface area (Å²) in [4.78, 5) is 19.5. The van der Waals surface area contributed by atoms with Gasteiger partial charge in [-0.1, -0.05) is 36.8 Å². The Morgan fingerprint density at radius 3 is 2.36 bits per heavy atom. The van der Waals surface area contributed by atoms with E-state index in [0.29, 0.717) is 12.3 Å². The number of benzene rings is 2. The van der Waals surface area contributed by atoms with Gasteiger partial charge in [-0.3, -0.25) is 9.69 Å². The van der Waals surface area contributed by atoms with Crippen LogP contribution in [0.15, 0.2) is 42.5 Å². The van der Waals surface area contributed by atoms with E-state index in [4.69, 9.17) is 9.47 Å². The van der Waals surface area contributed by atoms with Crippen LogP contribution < -0.4 is 14.4 Å². The van der Waals surface area contributed by atoms with Gasteiger partial charge in [0.2, 0.25) is 5.91 Å². The summed E-state index contributed by atoms with van der Waals surface area (Å²) >= 11 is 0. The molecule has 0 saturated carbocycles. The Hall–Kier alpha value is -2.73. The molecule has 5 rings (SSSR count). The maximum absolute atomic E-state index is 12.6. The van der Waals surface area contributed by atoms with Crippen molar-refractivity contribution in [1.29, 1.82) is 0 Å². The topological polar surface area (TPSA) is 45.3 Å². The van der Waals surface area contributed by atoms with Gasteiger partial charge in [-0.15, -0.1) is 0 Å². The molecule has 0 radical (unpaired) electrons. The number of ether oxygens (including phenoxy) is 2. The van der Waals surface area contributed by atoms with E-state index >= 15 is 0 Å². The zero-order valence-electron chi connectivity index (χ0n) is 19.5. The molecular weight excluding hydrogens is 414 g/mol. The number of rotatable bonds is 7. The van der Waals surface area contributed by atoms with Gasteiger partial charge in [0.1, 0.15) is 0 Å². The van der Waals surface area contributed by atoms with Gasteiger partial charge in [0.05, 0.1) is 18.9 Å². The summed E-state index contributed by atoms with van der Waals surface area (Å²) in [6, 6.07) is 14.6. The molecule has 0 bridgehead atoms. The summed E-state index contributed by atoms with van der Waals surface area (Å²) in [7, 11) is 0. The smallest absolute Gasteiger partial charge is 0.223 e. The number of fused-ring (bicyclic) bond motifs is 2. The monoisotopic (exact) mass is 449 g/mol. The lowest BCUT2D eigenvalue weighted by molar-refractivity contribution is -0.131. The zero-order valence-corrected chi connectivity index (χ0v) is 19.5. The minimum atomic E-state index is 0.299. The van der Waals surface area contributed by atoms with Crippen molar-refractivity contribution in [2.24, 2.45) is 0 Å². The summed E-state index contributed by atoms with van der Waals surface area (Å²) in [5.74, 6) is 2.09. The van der Waals surface area contributed by atoms with Crippen LogP contribution in [0.1, 0.15) is 43.2 Å². The van der Waals surface area contributed by atoms with Gasteiger partial charge in [-0.2, -0.15) is 0 Å². The van der Waals surface area contributed by atoms with Crippen LogP contribution in [-0.2, 0) is 17.9 Å². The van der Waals surface area contributed by atoms with E-state index in [1.807, 2.05) is 11.0 Å². The molecule has 1 saturated heterocycles. The third-order valence-electron chi connectivity index (χ3n) is 7.02. The average molecular weight is 450 g/mol. The number of hydrogen-bond donors (Lipinski definition) is 0. The van der Waals surface area contributed by atoms with E-state index in [9.17, 15) is 4.79 Å². The number of para-hydroxylation sites is 1. The van der Waals surface area contributed by atoms with Crippen LogP contribution in [0.5, 0.6) is 11.5 Å². The molecule has 0 aliphatic carbocycles. The summed E-state index contributed by atoms with van der Waals surface area (Å²) in [6.45, 7) is 8.26. The summed E-state index contributed by atoms with van der Waals surface area (Å²) in [5, 5.41) is 0. The van der Waals surface area contributed by atoms with Gasteiger partial charge in [0.25, 0.3) is 0 Å². The number of unbranched alkanes of at least 4 members (excludes halogenated alkanes) is 2. The number of nitrogens with zero attached hydrogens (tertiary/aromatic N) is 3. The van der Waals surface area contributed by atoms with Crippen molar-refractivity contribution >= 4 is 11.6 Å². The van der Waals surface area contributed by atoms with E-state index < -0.39 is 0 Å². The second kappa shape index (κ2) is 10.5. The Balaban J connectivity index is 1.00. The normalized spacial score (nSPS) is 18.2. The molecule has 3 aliphatic heterocycles. The highest BCUT2D eigenvalue weighted by molar-refractivity contribution is 5.77. The molecule has 3 aliphatic rings.